The third-order valence-corrected chi connectivity index (χ3v) is 5.36. The molecule has 0 radical (unpaired) electrons. The highest BCUT2D eigenvalue weighted by atomic mass is 16.2. The maximum atomic E-state index is 13.1. The fourth-order valence-corrected chi connectivity index (χ4v) is 3.90. The van der Waals surface area contributed by atoms with Crippen LogP contribution in [0.15, 0.2) is 91.3 Å². The molecule has 0 bridgehead atoms. The Labute approximate surface area is 179 Å². The molecule has 154 valence electrons. The van der Waals surface area contributed by atoms with Gasteiger partial charge in [-0.15, -0.1) is 0 Å². The van der Waals surface area contributed by atoms with Gasteiger partial charge in [-0.1, -0.05) is 36.4 Å². The number of imidazole rings is 1. The number of nitrogens with one attached hydrogen (secondary N) is 1. The van der Waals surface area contributed by atoms with Gasteiger partial charge in [0.15, 0.2) is 0 Å². The summed E-state index contributed by atoms with van der Waals surface area (Å²) in [5.41, 5.74) is 2.63. The van der Waals surface area contributed by atoms with Gasteiger partial charge in [0.05, 0.1) is 17.5 Å². The maximum absolute atomic E-state index is 13.1. The molecule has 0 unspecified atom stereocenters. The fraction of sp³-hybridized carbons (Fsp3) is 0.125. The molecule has 5 rings (SSSR count). The zero-order valence-corrected chi connectivity index (χ0v) is 16.8. The van der Waals surface area contributed by atoms with Gasteiger partial charge in [-0.2, -0.15) is 0 Å². The summed E-state index contributed by atoms with van der Waals surface area (Å²) in [5, 5.41) is 3.94. The van der Waals surface area contributed by atoms with Gasteiger partial charge in [-0.25, -0.2) is 9.88 Å². The van der Waals surface area contributed by atoms with Gasteiger partial charge in [-0.05, 0) is 24.6 Å². The molecule has 7 nitrogen and oxygen atoms in total. The fourth-order valence-electron chi connectivity index (χ4n) is 3.90. The summed E-state index contributed by atoms with van der Waals surface area (Å²) >= 11 is 0. The highest BCUT2D eigenvalue weighted by molar-refractivity contribution is 6.33. The largest absolute Gasteiger partial charge is 0.351 e. The topological polar surface area (TPSA) is 72.2 Å². The van der Waals surface area contributed by atoms with E-state index in [1.807, 2.05) is 71.6 Å². The van der Waals surface area contributed by atoms with E-state index in [-0.39, 0.29) is 17.5 Å². The number of rotatable bonds is 7. The summed E-state index contributed by atoms with van der Waals surface area (Å²) < 4.78 is 4.14. The van der Waals surface area contributed by atoms with E-state index < -0.39 is 0 Å². The van der Waals surface area contributed by atoms with Crippen molar-refractivity contribution < 1.29 is 9.59 Å². The van der Waals surface area contributed by atoms with Gasteiger partial charge in [0.2, 0.25) is 0 Å². The van der Waals surface area contributed by atoms with Gasteiger partial charge in [-0.3, -0.25) is 9.59 Å². The van der Waals surface area contributed by atoms with Gasteiger partial charge >= 0.3 is 0 Å². The molecule has 4 aromatic rings. The van der Waals surface area contributed by atoms with E-state index in [1.54, 1.807) is 12.5 Å². The Morgan fingerprint density at radius 3 is 2.55 bits per heavy atom. The minimum atomic E-state index is -0.352. The van der Waals surface area contributed by atoms with Gasteiger partial charge in [0.25, 0.3) is 11.8 Å². The smallest absolute Gasteiger partial charge is 0.282 e. The molecule has 1 aliphatic heterocycles. The van der Waals surface area contributed by atoms with E-state index in [2.05, 4.69) is 14.9 Å². The first-order chi connectivity index (χ1) is 15.2. The van der Waals surface area contributed by atoms with E-state index >= 15 is 0 Å². The molecule has 1 aliphatic rings. The molecule has 2 amide bonds. The number of carbonyl (C=O) groups is 2. The van der Waals surface area contributed by atoms with Crippen LogP contribution in [0.1, 0.15) is 6.42 Å². The lowest BCUT2D eigenvalue weighted by Gasteiger charge is -2.14. The standard InChI is InChI=1S/C24H21N5O2/c30-23-15-20(26-18-7-2-1-3-8-18)24(31)29(23)22-16-28(21-10-5-4-9-19(21)22)13-6-12-27-14-11-25-17-27/h1-5,7-11,14-17,26H,6,12-13H2. The van der Waals surface area contributed by atoms with Crippen LogP contribution in [0.25, 0.3) is 10.9 Å². The molecule has 7 heteroatoms. The molecule has 2 aromatic carbocycles. The molecule has 0 saturated heterocycles. The zero-order chi connectivity index (χ0) is 21.2. The predicted octanol–water partition coefficient (Wildman–Crippen LogP) is 3.80. The van der Waals surface area contributed by atoms with Crippen LogP contribution in [0.3, 0.4) is 0 Å². The van der Waals surface area contributed by atoms with Crippen LogP contribution in [0, 0.1) is 0 Å². The number of imide groups is 1. The maximum Gasteiger partial charge on any atom is 0.282 e. The van der Waals surface area contributed by atoms with Gasteiger partial charge < -0.3 is 14.5 Å². The monoisotopic (exact) mass is 411 g/mol. The minimum absolute atomic E-state index is 0.271. The number of hydrogen-bond donors (Lipinski definition) is 1. The van der Waals surface area contributed by atoms with Crippen molar-refractivity contribution in [2.45, 2.75) is 19.5 Å². The second-order valence-electron chi connectivity index (χ2n) is 7.41. The molecule has 1 N–H and O–H groups in total. The van der Waals surface area contributed by atoms with Crippen molar-refractivity contribution in [3.05, 3.63) is 91.3 Å². The molecule has 31 heavy (non-hydrogen) atoms. The lowest BCUT2D eigenvalue weighted by molar-refractivity contribution is -0.120. The van der Waals surface area contributed by atoms with Crippen LogP contribution in [-0.4, -0.2) is 25.9 Å². The van der Waals surface area contributed by atoms with Crippen molar-refractivity contribution in [3.8, 4) is 0 Å². The van der Waals surface area contributed by atoms with E-state index in [0.29, 0.717) is 5.69 Å². The molecular weight excluding hydrogens is 390 g/mol. The second kappa shape index (κ2) is 7.95. The summed E-state index contributed by atoms with van der Waals surface area (Å²) in [5.74, 6) is -0.695. The first kappa shape index (κ1) is 18.9. The number of aryl methyl sites for hydroxylation is 2. The normalized spacial score (nSPS) is 13.8. The summed E-state index contributed by atoms with van der Waals surface area (Å²) in [6.07, 6.45) is 9.66. The average molecular weight is 411 g/mol. The molecular formula is C24H21N5O2. The summed E-state index contributed by atoms with van der Waals surface area (Å²) in [7, 11) is 0. The van der Waals surface area contributed by atoms with Gasteiger partial charge in [0, 0.05) is 48.8 Å². The zero-order valence-electron chi connectivity index (χ0n) is 16.8. The number of anilines is 2. The molecule has 0 saturated carbocycles. The van der Waals surface area contributed by atoms with Crippen molar-refractivity contribution in [2.24, 2.45) is 0 Å². The first-order valence-corrected chi connectivity index (χ1v) is 10.2. The molecule has 3 heterocycles. The number of fused-ring (bicyclic) bond motifs is 1. The average Bonchev–Trinajstić information content (AvgIpc) is 3.49. The van der Waals surface area contributed by atoms with E-state index in [0.717, 1.165) is 36.1 Å². The lowest BCUT2D eigenvalue weighted by Crippen LogP contribution is -2.31. The van der Waals surface area contributed by atoms with Crippen LogP contribution >= 0.6 is 0 Å². The summed E-state index contributed by atoms with van der Waals surface area (Å²) in [4.78, 5) is 31.2. The summed E-state index contributed by atoms with van der Waals surface area (Å²) in [6, 6.07) is 17.2. The third kappa shape index (κ3) is 3.61. The van der Waals surface area contributed by atoms with E-state index in [1.165, 1.54) is 11.0 Å². The van der Waals surface area contributed by atoms with Gasteiger partial charge in [0.1, 0.15) is 5.70 Å². The predicted molar refractivity (Wildman–Crippen MR) is 119 cm³/mol. The second-order valence-corrected chi connectivity index (χ2v) is 7.41. The Morgan fingerprint density at radius 2 is 1.74 bits per heavy atom. The molecule has 0 aliphatic carbocycles. The Bertz CT molecular complexity index is 1270. The number of aromatic nitrogens is 3. The molecule has 2 aromatic heterocycles. The third-order valence-electron chi connectivity index (χ3n) is 5.36. The van der Waals surface area contributed by atoms with Crippen LogP contribution in [0.4, 0.5) is 11.4 Å². The number of carbonyl (C=O) groups excluding carboxylic acids is 2. The number of nitrogens with zero attached hydrogens (tertiary/aromatic N) is 4. The van der Waals surface area contributed by atoms with Crippen LogP contribution in [0.2, 0.25) is 0 Å². The number of benzene rings is 2. The molecule has 0 spiro atoms. The molecule has 0 atom stereocenters. The quantitative estimate of drug-likeness (QED) is 0.470. The van der Waals surface area contributed by atoms with Crippen molar-refractivity contribution >= 4 is 34.1 Å². The van der Waals surface area contributed by atoms with Crippen LogP contribution in [0.5, 0.6) is 0 Å². The Balaban J connectivity index is 1.41. The first-order valence-electron chi connectivity index (χ1n) is 10.2. The SMILES string of the molecule is O=C1C=C(Nc2ccccc2)C(=O)N1c1cn(CCCn2ccnc2)c2ccccc12. The van der Waals surface area contributed by atoms with E-state index in [9.17, 15) is 9.59 Å². The lowest BCUT2D eigenvalue weighted by atomic mass is 10.2. The highest BCUT2D eigenvalue weighted by Crippen LogP contribution is 2.33. The van der Waals surface area contributed by atoms with E-state index in [4.69, 9.17) is 0 Å². The van der Waals surface area contributed by atoms with Crippen molar-refractivity contribution in [3.63, 3.8) is 0 Å². The number of amides is 2. The van der Waals surface area contributed by atoms with Crippen molar-refractivity contribution in [1.82, 2.24) is 14.1 Å². The number of para-hydroxylation sites is 2. The summed E-state index contributed by atoms with van der Waals surface area (Å²) in [6.45, 7) is 1.60. The van der Waals surface area contributed by atoms with Crippen molar-refractivity contribution in [2.75, 3.05) is 10.2 Å². The Hall–Kier alpha value is -4.13. The van der Waals surface area contributed by atoms with Crippen LogP contribution < -0.4 is 10.2 Å². The highest BCUT2D eigenvalue weighted by Gasteiger charge is 2.34. The minimum Gasteiger partial charge on any atom is -0.351 e. The Morgan fingerprint density at radius 1 is 0.935 bits per heavy atom. The number of hydrogen-bond acceptors (Lipinski definition) is 4. The van der Waals surface area contributed by atoms with Crippen molar-refractivity contribution in [1.29, 1.82) is 0 Å². The Kier molecular flexibility index (Phi) is 4.84. The van der Waals surface area contributed by atoms with Crippen LogP contribution in [-0.2, 0) is 22.7 Å². The molecule has 0 fully saturated rings.